The van der Waals surface area contributed by atoms with E-state index >= 15 is 0 Å². The summed E-state index contributed by atoms with van der Waals surface area (Å²) < 4.78 is 16.3. The van der Waals surface area contributed by atoms with Crippen LogP contribution >= 0.6 is 0 Å². The number of carboxylic acid groups (broad SMARTS) is 1. The van der Waals surface area contributed by atoms with E-state index in [2.05, 4.69) is 5.32 Å². The van der Waals surface area contributed by atoms with Crippen LogP contribution in [0.3, 0.4) is 0 Å². The van der Waals surface area contributed by atoms with Crippen molar-refractivity contribution in [3.63, 3.8) is 0 Å². The number of aliphatic carboxylic acids is 1. The van der Waals surface area contributed by atoms with Crippen LogP contribution in [0, 0.1) is 6.92 Å². The van der Waals surface area contributed by atoms with E-state index in [1.807, 2.05) is 32.0 Å². The molecule has 0 aliphatic heterocycles. The largest absolute Gasteiger partial charge is 0.494 e. The number of hydrogen-bond donors (Lipinski definition) is 2. The van der Waals surface area contributed by atoms with Crippen molar-refractivity contribution < 1.29 is 28.9 Å². The molecule has 0 aromatic heterocycles. The maximum absolute atomic E-state index is 12.5. The molecule has 0 atom stereocenters. The Labute approximate surface area is 164 Å². The second-order valence-corrected chi connectivity index (χ2v) is 6.00. The molecule has 28 heavy (non-hydrogen) atoms. The zero-order chi connectivity index (χ0) is 20.5. The third-order valence-electron chi connectivity index (χ3n) is 3.82. The molecule has 7 heteroatoms. The summed E-state index contributed by atoms with van der Waals surface area (Å²) in [5.41, 5.74) is 2.35. The minimum atomic E-state index is -1.09. The van der Waals surface area contributed by atoms with Crippen LogP contribution in [0.2, 0.25) is 0 Å². The first-order valence-corrected chi connectivity index (χ1v) is 9.06. The van der Waals surface area contributed by atoms with Crippen molar-refractivity contribution in [2.24, 2.45) is 0 Å². The molecule has 0 saturated heterocycles. The van der Waals surface area contributed by atoms with E-state index in [0.29, 0.717) is 31.1 Å². The number of carbonyl (C=O) groups is 2. The van der Waals surface area contributed by atoms with Crippen molar-refractivity contribution in [3.05, 3.63) is 53.1 Å². The van der Waals surface area contributed by atoms with Gasteiger partial charge in [0.15, 0.2) is 18.1 Å². The number of aryl methyl sites for hydroxylation is 1. The van der Waals surface area contributed by atoms with Gasteiger partial charge in [-0.25, -0.2) is 4.79 Å². The second kappa shape index (κ2) is 10.2. The molecular weight excluding hydrogens is 362 g/mol. The third-order valence-corrected chi connectivity index (χ3v) is 3.82. The monoisotopic (exact) mass is 387 g/mol. The van der Waals surface area contributed by atoms with Crippen molar-refractivity contribution in [2.45, 2.75) is 27.3 Å². The van der Waals surface area contributed by atoms with Gasteiger partial charge in [-0.1, -0.05) is 12.1 Å². The van der Waals surface area contributed by atoms with Crippen LogP contribution in [0.1, 0.15) is 35.3 Å². The summed E-state index contributed by atoms with van der Waals surface area (Å²) in [6, 6.07) is 10.5. The lowest BCUT2D eigenvalue weighted by molar-refractivity contribution is -0.139. The van der Waals surface area contributed by atoms with E-state index in [0.717, 1.165) is 16.9 Å². The molecule has 0 spiro atoms. The molecule has 2 rings (SSSR count). The van der Waals surface area contributed by atoms with E-state index in [9.17, 15) is 9.59 Å². The molecule has 7 nitrogen and oxygen atoms in total. The third kappa shape index (κ3) is 5.90. The zero-order valence-corrected chi connectivity index (χ0v) is 16.3. The van der Waals surface area contributed by atoms with Crippen LogP contribution in [-0.2, 0) is 11.3 Å². The normalized spacial score (nSPS) is 10.2. The maximum Gasteiger partial charge on any atom is 0.341 e. The van der Waals surface area contributed by atoms with Crippen LogP contribution in [0.4, 0.5) is 0 Å². The standard InChI is InChI=1S/C21H25NO6/c1-4-26-18-10-14(3)6-7-16(18)12-22-21(25)15-8-9-17(28-13-20(23)24)19(11-15)27-5-2/h6-11H,4-5,12-13H2,1-3H3,(H,22,25)(H,23,24). The van der Waals surface area contributed by atoms with E-state index < -0.39 is 12.6 Å². The van der Waals surface area contributed by atoms with Crippen LogP contribution in [-0.4, -0.2) is 36.8 Å². The molecule has 0 saturated carbocycles. The predicted molar refractivity (Wildman–Crippen MR) is 104 cm³/mol. The van der Waals surface area contributed by atoms with Crippen molar-refractivity contribution >= 4 is 11.9 Å². The van der Waals surface area contributed by atoms with Crippen molar-refractivity contribution in [1.29, 1.82) is 0 Å². The minimum absolute atomic E-state index is 0.276. The van der Waals surface area contributed by atoms with Gasteiger partial charge in [-0.05, 0) is 50.6 Å². The molecule has 2 aromatic carbocycles. The Kier molecular flexibility index (Phi) is 7.68. The lowest BCUT2D eigenvalue weighted by Gasteiger charge is -2.14. The zero-order valence-electron chi connectivity index (χ0n) is 16.3. The molecule has 0 radical (unpaired) electrons. The van der Waals surface area contributed by atoms with Crippen LogP contribution in [0.5, 0.6) is 17.2 Å². The van der Waals surface area contributed by atoms with Gasteiger partial charge in [-0.2, -0.15) is 0 Å². The summed E-state index contributed by atoms with van der Waals surface area (Å²) in [5, 5.41) is 11.6. The van der Waals surface area contributed by atoms with Crippen molar-refractivity contribution in [3.8, 4) is 17.2 Å². The summed E-state index contributed by atoms with van der Waals surface area (Å²) >= 11 is 0. The fourth-order valence-electron chi connectivity index (χ4n) is 2.55. The molecule has 1 amide bonds. The van der Waals surface area contributed by atoms with E-state index in [4.69, 9.17) is 19.3 Å². The van der Waals surface area contributed by atoms with Crippen LogP contribution < -0.4 is 19.5 Å². The number of rotatable bonds is 10. The van der Waals surface area contributed by atoms with Gasteiger partial charge in [0.2, 0.25) is 0 Å². The number of carboxylic acids is 1. The lowest BCUT2D eigenvalue weighted by atomic mass is 10.1. The molecule has 0 aliphatic rings. The highest BCUT2D eigenvalue weighted by molar-refractivity contribution is 5.94. The summed E-state index contributed by atoms with van der Waals surface area (Å²) in [5.74, 6) is -0.0313. The Bertz CT molecular complexity index is 834. The van der Waals surface area contributed by atoms with Crippen LogP contribution in [0.15, 0.2) is 36.4 Å². The maximum atomic E-state index is 12.5. The van der Waals surface area contributed by atoms with Crippen molar-refractivity contribution in [2.75, 3.05) is 19.8 Å². The van der Waals surface area contributed by atoms with Gasteiger partial charge in [-0.15, -0.1) is 0 Å². The molecular formula is C21H25NO6. The number of nitrogens with one attached hydrogen (secondary N) is 1. The van der Waals surface area contributed by atoms with Gasteiger partial charge in [0, 0.05) is 17.7 Å². The first-order valence-electron chi connectivity index (χ1n) is 9.06. The van der Waals surface area contributed by atoms with Gasteiger partial charge in [0.05, 0.1) is 13.2 Å². The van der Waals surface area contributed by atoms with Gasteiger partial charge in [-0.3, -0.25) is 4.79 Å². The highest BCUT2D eigenvalue weighted by atomic mass is 16.5. The van der Waals surface area contributed by atoms with E-state index in [-0.39, 0.29) is 11.7 Å². The summed E-state index contributed by atoms with van der Waals surface area (Å²) in [4.78, 5) is 23.2. The minimum Gasteiger partial charge on any atom is -0.494 e. The lowest BCUT2D eigenvalue weighted by Crippen LogP contribution is -2.23. The Balaban J connectivity index is 2.11. The molecule has 2 N–H and O–H groups in total. The Hall–Kier alpha value is -3.22. The SMILES string of the molecule is CCOc1cc(C)ccc1CNC(=O)c1ccc(OCC(=O)O)c(OCC)c1. The summed E-state index contributed by atoms with van der Waals surface area (Å²) in [7, 11) is 0. The quantitative estimate of drug-likeness (QED) is 0.650. The number of benzene rings is 2. The van der Waals surface area contributed by atoms with Gasteiger partial charge < -0.3 is 24.6 Å². The average Bonchev–Trinajstić information content (AvgIpc) is 2.66. The van der Waals surface area contributed by atoms with Gasteiger partial charge in [0.1, 0.15) is 5.75 Å². The molecule has 0 aliphatic carbocycles. The first-order chi connectivity index (χ1) is 13.4. The molecule has 0 heterocycles. The second-order valence-electron chi connectivity index (χ2n) is 6.00. The number of ether oxygens (including phenoxy) is 3. The highest BCUT2D eigenvalue weighted by Crippen LogP contribution is 2.28. The van der Waals surface area contributed by atoms with Crippen molar-refractivity contribution in [1.82, 2.24) is 5.32 Å². The summed E-state index contributed by atoms with van der Waals surface area (Å²) in [6.07, 6.45) is 0. The number of hydrogen-bond acceptors (Lipinski definition) is 5. The molecule has 0 fully saturated rings. The Morgan fingerprint density at radius 2 is 1.64 bits per heavy atom. The Morgan fingerprint density at radius 3 is 2.32 bits per heavy atom. The first kappa shape index (κ1) is 21.1. The molecule has 2 aromatic rings. The highest BCUT2D eigenvalue weighted by Gasteiger charge is 2.13. The molecule has 0 unspecified atom stereocenters. The predicted octanol–water partition coefficient (Wildman–Crippen LogP) is 3.19. The average molecular weight is 387 g/mol. The number of carbonyl (C=O) groups excluding carboxylic acids is 1. The Morgan fingerprint density at radius 1 is 0.929 bits per heavy atom. The van der Waals surface area contributed by atoms with E-state index in [1.165, 1.54) is 12.1 Å². The van der Waals surface area contributed by atoms with Crippen LogP contribution in [0.25, 0.3) is 0 Å². The topological polar surface area (TPSA) is 94.1 Å². The smallest absolute Gasteiger partial charge is 0.341 e. The molecule has 0 bridgehead atoms. The van der Waals surface area contributed by atoms with Gasteiger partial charge >= 0.3 is 5.97 Å². The van der Waals surface area contributed by atoms with E-state index in [1.54, 1.807) is 13.0 Å². The fourth-order valence-corrected chi connectivity index (χ4v) is 2.55. The van der Waals surface area contributed by atoms with Gasteiger partial charge in [0.25, 0.3) is 5.91 Å². The number of amides is 1. The molecule has 150 valence electrons. The fraction of sp³-hybridized carbons (Fsp3) is 0.333. The summed E-state index contributed by atoms with van der Waals surface area (Å²) in [6.45, 7) is 6.41.